The van der Waals surface area contributed by atoms with Crippen LogP contribution in [0.1, 0.15) is 58.1 Å². The van der Waals surface area contributed by atoms with Crippen molar-refractivity contribution < 1.29 is 4.57 Å². The van der Waals surface area contributed by atoms with Crippen molar-refractivity contribution in [3.05, 3.63) is 18.2 Å². The molecule has 1 aromatic rings. The Morgan fingerprint density at radius 3 is 2.50 bits per heavy atom. The number of hydrogen-bond acceptors (Lipinski definition) is 0. The molecule has 1 heterocycles. The molecule has 1 aromatic heterocycles. The van der Waals surface area contributed by atoms with Crippen LogP contribution in [0.25, 0.3) is 0 Å². The van der Waals surface area contributed by atoms with Crippen molar-refractivity contribution in [3.8, 4) is 0 Å². The summed E-state index contributed by atoms with van der Waals surface area (Å²) in [5.41, 5.74) is 1.47. The first-order valence-electron chi connectivity index (χ1n) is 6.82. The van der Waals surface area contributed by atoms with Crippen LogP contribution >= 0.6 is 0 Å². The lowest BCUT2D eigenvalue weighted by Crippen LogP contribution is -2.30. The van der Waals surface area contributed by atoms with E-state index in [9.17, 15) is 0 Å². The maximum absolute atomic E-state index is 2.35. The number of nitrogens with zero attached hydrogens (tertiary/aromatic N) is 2. The van der Waals surface area contributed by atoms with Crippen LogP contribution in [-0.2, 0) is 20.0 Å². The van der Waals surface area contributed by atoms with Crippen molar-refractivity contribution in [1.82, 2.24) is 4.57 Å². The molecule has 0 N–H and O–H groups in total. The molecule has 0 fully saturated rings. The summed E-state index contributed by atoms with van der Waals surface area (Å²) in [6.45, 7) is 5.69. The summed E-state index contributed by atoms with van der Waals surface area (Å²) in [5.74, 6) is 0. The van der Waals surface area contributed by atoms with E-state index in [1.807, 2.05) is 0 Å². The highest BCUT2D eigenvalue weighted by Crippen LogP contribution is 2.04. The fraction of sp³-hybridized carbons (Fsp3) is 0.786. The fourth-order valence-corrected chi connectivity index (χ4v) is 2.05. The van der Waals surface area contributed by atoms with E-state index in [1.54, 1.807) is 0 Å². The highest BCUT2D eigenvalue weighted by atomic mass is 15.1. The van der Waals surface area contributed by atoms with E-state index in [0.717, 1.165) is 0 Å². The monoisotopic (exact) mass is 223 g/mol. The van der Waals surface area contributed by atoms with Gasteiger partial charge in [0.1, 0.15) is 11.9 Å². The molecule has 0 amide bonds. The Labute approximate surface area is 100 Å². The van der Waals surface area contributed by atoms with E-state index in [-0.39, 0.29) is 0 Å². The van der Waals surface area contributed by atoms with Gasteiger partial charge in [0.2, 0.25) is 6.33 Å². The number of imidazole rings is 1. The summed E-state index contributed by atoms with van der Waals surface area (Å²) in [7, 11) is 2.16. The van der Waals surface area contributed by atoms with Gasteiger partial charge in [0.15, 0.2) is 0 Å². The van der Waals surface area contributed by atoms with Gasteiger partial charge >= 0.3 is 0 Å². The molecule has 2 heteroatoms. The van der Waals surface area contributed by atoms with E-state index >= 15 is 0 Å². The van der Waals surface area contributed by atoms with Crippen LogP contribution in [0.15, 0.2) is 12.5 Å². The van der Waals surface area contributed by atoms with E-state index < -0.39 is 0 Å². The third-order valence-corrected chi connectivity index (χ3v) is 3.15. The zero-order valence-corrected chi connectivity index (χ0v) is 11.2. The molecule has 0 aliphatic rings. The first-order valence-corrected chi connectivity index (χ1v) is 6.82. The lowest BCUT2D eigenvalue weighted by molar-refractivity contribution is -0.678. The highest BCUT2D eigenvalue weighted by Gasteiger charge is 2.08. The zero-order chi connectivity index (χ0) is 11.8. The molecule has 2 nitrogen and oxygen atoms in total. The molecule has 0 spiro atoms. The second-order valence-electron chi connectivity index (χ2n) is 4.75. The van der Waals surface area contributed by atoms with Gasteiger partial charge in [-0.1, -0.05) is 33.1 Å². The lowest BCUT2D eigenvalue weighted by Gasteiger charge is -1.95. The summed E-state index contributed by atoms with van der Waals surface area (Å²) in [5, 5.41) is 0. The van der Waals surface area contributed by atoms with E-state index in [0.29, 0.717) is 0 Å². The first-order chi connectivity index (χ1) is 7.77. The Hall–Kier alpha value is -0.790. The summed E-state index contributed by atoms with van der Waals surface area (Å²) in [4.78, 5) is 0. The van der Waals surface area contributed by atoms with Crippen LogP contribution in [0.3, 0.4) is 0 Å². The summed E-state index contributed by atoms with van der Waals surface area (Å²) in [6, 6.07) is 0. The lowest BCUT2D eigenvalue weighted by atomic mass is 10.2. The van der Waals surface area contributed by atoms with Crippen LogP contribution in [0.2, 0.25) is 0 Å². The van der Waals surface area contributed by atoms with Gasteiger partial charge in [-0.15, -0.1) is 0 Å². The molecule has 1 rings (SSSR count). The fourth-order valence-electron chi connectivity index (χ4n) is 2.05. The molecule has 0 saturated carbocycles. The SMILES string of the molecule is CCCCCCn1cc(CCCC)[n+](C)c1. The van der Waals surface area contributed by atoms with Crippen molar-refractivity contribution in [2.45, 2.75) is 65.3 Å². The molecule has 0 saturated heterocycles. The van der Waals surface area contributed by atoms with Gasteiger partial charge in [0, 0.05) is 6.42 Å². The second-order valence-corrected chi connectivity index (χ2v) is 4.75. The average molecular weight is 223 g/mol. The highest BCUT2D eigenvalue weighted by molar-refractivity contribution is 4.88. The summed E-state index contributed by atoms with van der Waals surface area (Å²) >= 11 is 0. The molecule has 16 heavy (non-hydrogen) atoms. The standard InChI is InChI=1S/C14H27N2/c1-4-6-8-9-11-16-12-14(10-7-5-2)15(3)13-16/h12-13H,4-11H2,1-3H3/q+1. The Morgan fingerprint density at radius 2 is 1.81 bits per heavy atom. The summed E-state index contributed by atoms with van der Waals surface area (Å²) < 4.78 is 4.62. The Balaban J connectivity index is 2.36. The van der Waals surface area contributed by atoms with Crippen LogP contribution in [0, 0.1) is 0 Å². The smallest absolute Gasteiger partial charge is 0.237 e. The topological polar surface area (TPSA) is 8.81 Å². The van der Waals surface area contributed by atoms with Crippen molar-refractivity contribution in [1.29, 1.82) is 0 Å². The maximum Gasteiger partial charge on any atom is 0.243 e. The van der Waals surface area contributed by atoms with Crippen molar-refractivity contribution in [2.75, 3.05) is 0 Å². The van der Waals surface area contributed by atoms with Crippen LogP contribution in [-0.4, -0.2) is 4.57 Å². The average Bonchev–Trinajstić information content (AvgIpc) is 2.63. The minimum atomic E-state index is 1.18. The third-order valence-electron chi connectivity index (χ3n) is 3.15. The van der Waals surface area contributed by atoms with Crippen LogP contribution in [0.5, 0.6) is 0 Å². The molecular weight excluding hydrogens is 196 g/mol. The van der Waals surface area contributed by atoms with Gasteiger partial charge in [0.05, 0.1) is 13.6 Å². The Kier molecular flexibility index (Phi) is 6.20. The van der Waals surface area contributed by atoms with Crippen molar-refractivity contribution >= 4 is 0 Å². The summed E-state index contributed by atoms with van der Waals surface area (Å²) in [6.07, 6.45) is 13.7. The minimum Gasteiger partial charge on any atom is -0.237 e. The molecule has 0 radical (unpaired) electrons. The van der Waals surface area contributed by atoms with Gasteiger partial charge < -0.3 is 0 Å². The molecular formula is C14H27N2+. The van der Waals surface area contributed by atoms with Crippen molar-refractivity contribution in [3.63, 3.8) is 0 Å². The van der Waals surface area contributed by atoms with Crippen LogP contribution in [0.4, 0.5) is 0 Å². The molecule has 0 unspecified atom stereocenters. The molecule has 0 bridgehead atoms. The van der Waals surface area contributed by atoms with E-state index in [1.165, 1.54) is 57.2 Å². The van der Waals surface area contributed by atoms with Gasteiger partial charge in [0.25, 0.3) is 0 Å². The number of aromatic nitrogens is 2. The number of unbranched alkanes of at least 4 members (excludes halogenated alkanes) is 4. The molecule has 0 aliphatic carbocycles. The number of hydrogen-bond donors (Lipinski definition) is 0. The van der Waals surface area contributed by atoms with Crippen molar-refractivity contribution in [2.24, 2.45) is 7.05 Å². The number of aryl methyl sites for hydroxylation is 3. The Morgan fingerprint density at radius 1 is 1.06 bits per heavy atom. The Bertz CT molecular complexity index is 289. The minimum absolute atomic E-state index is 1.18. The zero-order valence-electron chi connectivity index (χ0n) is 11.2. The molecule has 92 valence electrons. The van der Waals surface area contributed by atoms with Gasteiger partial charge in [-0.25, -0.2) is 9.13 Å². The molecule has 0 aromatic carbocycles. The largest absolute Gasteiger partial charge is 0.243 e. The predicted molar refractivity (Wildman–Crippen MR) is 68.4 cm³/mol. The van der Waals surface area contributed by atoms with Gasteiger partial charge in [-0.05, 0) is 19.3 Å². The maximum atomic E-state index is 2.35. The van der Waals surface area contributed by atoms with E-state index in [2.05, 4.69) is 42.6 Å². The van der Waals surface area contributed by atoms with Gasteiger partial charge in [-0.3, -0.25) is 0 Å². The number of rotatable bonds is 8. The molecule has 0 aliphatic heterocycles. The normalized spacial score (nSPS) is 10.9. The van der Waals surface area contributed by atoms with Crippen LogP contribution < -0.4 is 4.57 Å². The van der Waals surface area contributed by atoms with E-state index in [4.69, 9.17) is 0 Å². The quantitative estimate of drug-likeness (QED) is 0.472. The predicted octanol–water partition coefficient (Wildman–Crippen LogP) is 3.24. The second kappa shape index (κ2) is 7.48. The first kappa shape index (κ1) is 13.3. The molecule has 0 atom stereocenters. The third kappa shape index (κ3) is 4.38. The van der Waals surface area contributed by atoms with Gasteiger partial charge in [-0.2, -0.15) is 0 Å².